The van der Waals surface area contributed by atoms with E-state index >= 15 is 0 Å². The van der Waals surface area contributed by atoms with Crippen molar-refractivity contribution in [2.45, 2.75) is 6.42 Å². The molecular weight excluding hydrogens is 342 g/mol. The van der Waals surface area contributed by atoms with Crippen LogP contribution in [0.25, 0.3) is 10.2 Å². The van der Waals surface area contributed by atoms with E-state index in [1.807, 2.05) is 28.8 Å². The van der Waals surface area contributed by atoms with Crippen LogP contribution in [0.3, 0.4) is 0 Å². The third kappa shape index (κ3) is 3.07. The molecular formula is C17H21N3O2S2. The average molecular weight is 364 g/mol. The minimum absolute atomic E-state index is 0.120. The quantitative estimate of drug-likeness (QED) is 0.839. The SMILES string of the molecule is COc1ccc2sc(N3CCC(C(=O)N4CCSCC4)C3)nc2c1. The van der Waals surface area contributed by atoms with Crippen LogP contribution in [0.5, 0.6) is 5.75 Å². The van der Waals surface area contributed by atoms with Gasteiger partial charge in [0, 0.05) is 43.8 Å². The zero-order chi connectivity index (χ0) is 16.5. The number of thiazole rings is 1. The van der Waals surface area contributed by atoms with Gasteiger partial charge in [-0.15, -0.1) is 0 Å². The number of ether oxygens (including phenoxy) is 1. The normalized spacial score (nSPS) is 21.5. The predicted octanol–water partition coefficient (Wildman–Crippen LogP) is 2.71. The molecule has 2 aliphatic rings. The number of rotatable bonds is 3. The fourth-order valence-electron chi connectivity index (χ4n) is 3.33. The van der Waals surface area contributed by atoms with Crippen molar-refractivity contribution in [2.75, 3.05) is 49.7 Å². The molecule has 0 spiro atoms. The van der Waals surface area contributed by atoms with Gasteiger partial charge in [-0.2, -0.15) is 11.8 Å². The van der Waals surface area contributed by atoms with Crippen molar-refractivity contribution in [3.63, 3.8) is 0 Å². The molecule has 2 aromatic rings. The summed E-state index contributed by atoms with van der Waals surface area (Å²) in [6, 6.07) is 5.99. The molecule has 1 amide bonds. The molecule has 3 heterocycles. The zero-order valence-corrected chi connectivity index (χ0v) is 15.4. The van der Waals surface area contributed by atoms with Crippen molar-refractivity contribution < 1.29 is 9.53 Å². The summed E-state index contributed by atoms with van der Waals surface area (Å²) in [4.78, 5) is 21.7. The molecule has 2 fully saturated rings. The summed E-state index contributed by atoms with van der Waals surface area (Å²) in [5, 5.41) is 1.02. The molecule has 0 aliphatic carbocycles. The first-order valence-electron chi connectivity index (χ1n) is 8.30. The largest absolute Gasteiger partial charge is 0.497 e. The first kappa shape index (κ1) is 16.0. The van der Waals surface area contributed by atoms with Crippen LogP contribution in [0.1, 0.15) is 6.42 Å². The number of benzene rings is 1. The van der Waals surface area contributed by atoms with Crippen LogP contribution in [0.4, 0.5) is 5.13 Å². The van der Waals surface area contributed by atoms with Crippen molar-refractivity contribution in [3.05, 3.63) is 18.2 Å². The molecule has 1 aromatic heterocycles. The van der Waals surface area contributed by atoms with Crippen LogP contribution in [0, 0.1) is 5.92 Å². The van der Waals surface area contributed by atoms with Crippen LogP contribution in [0.15, 0.2) is 18.2 Å². The van der Waals surface area contributed by atoms with E-state index < -0.39 is 0 Å². The highest BCUT2D eigenvalue weighted by atomic mass is 32.2. The number of fused-ring (bicyclic) bond motifs is 1. The number of methoxy groups -OCH3 is 1. The van der Waals surface area contributed by atoms with Crippen molar-refractivity contribution >= 4 is 44.4 Å². The number of thioether (sulfide) groups is 1. The molecule has 0 saturated carbocycles. The smallest absolute Gasteiger partial charge is 0.227 e. The Morgan fingerprint density at radius 2 is 2.12 bits per heavy atom. The number of nitrogens with zero attached hydrogens (tertiary/aromatic N) is 3. The highest BCUT2D eigenvalue weighted by Crippen LogP contribution is 2.34. The van der Waals surface area contributed by atoms with E-state index in [1.54, 1.807) is 18.4 Å². The Morgan fingerprint density at radius 1 is 1.29 bits per heavy atom. The van der Waals surface area contributed by atoms with E-state index in [0.717, 1.165) is 65.2 Å². The second-order valence-electron chi connectivity index (χ2n) is 6.20. The van der Waals surface area contributed by atoms with Gasteiger partial charge in [0.15, 0.2) is 5.13 Å². The van der Waals surface area contributed by atoms with Gasteiger partial charge in [0.1, 0.15) is 5.75 Å². The van der Waals surface area contributed by atoms with Crippen LogP contribution in [-0.2, 0) is 4.79 Å². The van der Waals surface area contributed by atoms with Crippen molar-refractivity contribution in [3.8, 4) is 5.75 Å². The Hall–Kier alpha value is -1.47. The zero-order valence-electron chi connectivity index (χ0n) is 13.7. The number of carbonyl (C=O) groups excluding carboxylic acids is 1. The van der Waals surface area contributed by atoms with Gasteiger partial charge >= 0.3 is 0 Å². The van der Waals surface area contributed by atoms with E-state index in [4.69, 9.17) is 9.72 Å². The first-order valence-corrected chi connectivity index (χ1v) is 10.3. The molecule has 24 heavy (non-hydrogen) atoms. The molecule has 1 atom stereocenters. The molecule has 0 radical (unpaired) electrons. The standard InChI is InChI=1S/C17H21N3O2S2/c1-22-13-2-3-15-14(10-13)18-17(24-15)20-5-4-12(11-20)16(21)19-6-8-23-9-7-19/h2-3,10,12H,4-9,11H2,1H3. The predicted molar refractivity (Wildman–Crippen MR) is 100 cm³/mol. The Bertz CT molecular complexity index is 743. The van der Waals surface area contributed by atoms with Crippen molar-refractivity contribution in [1.82, 2.24) is 9.88 Å². The van der Waals surface area contributed by atoms with E-state index in [-0.39, 0.29) is 5.92 Å². The Balaban J connectivity index is 1.47. The highest BCUT2D eigenvalue weighted by molar-refractivity contribution is 7.99. The van der Waals surface area contributed by atoms with Gasteiger partial charge in [0.25, 0.3) is 0 Å². The van der Waals surface area contributed by atoms with E-state index in [1.165, 1.54) is 0 Å². The van der Waals surface area contributed by atoms with E-state index in [2.05, 4.69) is 11.0 Å². The minimum atomic E-state index is 0.120. The van der Waals surface area contributed by atoms with Gasteiger partial charge in [-0.25, -0.2) is 4.98 Å². The van der Waals surface area contributed by atoms with Crippen LogP contribution in [0.2, 0.25) is 0 Å². The van der Waals surface area contributed by atoms with Gasteiger partial charge in [-0.05, 0) is 18.6 Å². The molecule has 2 aliphatic heterocycles. The molecule has 2 saturated heterocycles. The third-order valence-corrected chi connectivity index (χ3v) is 6.75. The van der Waals surface area contributed by atoms with Gasteiger partial charge in [-0.1, -0.05) is 11.3 Å². The van der Waals surface area contributed by atoms with Crippen LogP contribution < -0.4 is 9.64 Å². The third-order valence-electron chi connectivity index (χ3n) is 4.71. The van der Waals surface area contributed by atoms with Gasteiger partial charge in [0.2, 0.25) is 5.91 Å². The lowest BCUT2D eigenvalue weighted by Gasteiger charge is -2.28. The Labute approximate surface area is 150 Å². The number of carbonyl (C=O) groups is 1. The van der Waals surface area contributed by atoms with Crippen molar-refractivity contribution in [1.29, 1.82) is 0 Å². The second kappa shape index (κ2) is 6.80. The number of aromatic nitrogens is 1. The molecule has 7 heteroatoms. The molecule has 0 N–H and O–H groups in total. The van der Waals surface area contributed by atoms with Gasteiger partial charge in [0.05, 0.1) is 23.2 Å². The van der Waals surface area contributed by atoms with Crippen molar-refractivity contribution in [2.24, 2.45) is 5.92 Å². The molecule has 128 valence electrons. The summed E-state index contributed by atoms with van der Waals surface area (Å²) in [7, 11) is 1.67. The lowest BCUT2D eigenvalue weighted by Crippen LogP contribution is -2.42. The fraction of sp³-hybridized carbons (Fsp3) is 0.529. The van der Waals surface area contributed by atoms with Crippen LogP contribution >= 0.6 is 23.1 Å². The maximum atomic E-state index is 12.7. The molecule has 1 aromatic carbocycles. The summed E-state index contributed by atoms with van der Waals surface area (Å²) in [6.45, 7) is 3.51. The van der Waals surface area contributed by atoms with Gasteiger partial charge < -0.3 is 14.5 Å². The second-order valence-corrected chi connectivity index (χ2v) is 8.43. The lowest BCUT2D eigenvalue weighted by atomic mass is 10.1. The first-order chi connectivity index (χ1) is 11.7. The molecule has 4 rings (SSSR count). The topological polar surface area (TPSA) is 45.7 Å². The number of hydrogen-bond acceptors (Lipinski definition) is 6. The molecule has 5 nitrogen and oxygen atoms in total. The number of hydrogen-bond donors (Lipinski definition) is 0. The van der Waals surface area contributed by atoms with Gasteiger partial charge in [-0.3, -0.25) is 4.79 Å². The maximum absolute atomic E-state index is 12.7. The Morgan fingerprint density at radius 3 is 2.92 bits per heavy atom. The molecule has 1 unspecified atom stereocenters. The molecule has 0 bridgehead atoms. The summed E-state index contributed by atoms with van der Waals surface area (Å²) in [5.74, 6) is 3.43. The maximum Gasteiger partial charge on any atom is 0.227 e. The summed E-state index contributed by atoms with van der Waals surface area (Å²) in [6.07, 6.45) is 0.932. The number of amides is 1. The average Bonchev–Trinajstić information content (AvgIpc) is 3.27. The van der Waals surface area contributed by atoms with Crippen LogP contribution in [-0.4, -0.2) is 60.6 Å². The number of anilines is 1. The van der Waals surface area contributed by atoms with E-state index in [9.17, 15) is 4.79 Å². The lowest BCUT2D eigenvalue weighted by molar-refractivity contribution is -0.134. The van der Waals surface area contributed by atoms with E-state index in [0.29, 0.717) is 5.91 Å². The minimum Gasteiger partial charge on any atom is -0.497 e. The summed E-state index contributed by atoms with van der Waals surface area (Å²) >= 11 is 3.63. The summed E-state index contributed by atoms with van der Waals surface area (Å²) in [5.41, 5.74) is 0.970. The summed E-state index contributed by atoms with van der Waals surface area (Å²) < 4.78 is 6.43. The fourth-order valence-corrected chi connectivity index (χ4v) is 5.22. The Kier molecular flexibility index (Phi) is 4.54. The highest BCUT2D eigenvalue weighted by Gasteiger charge is 2.33. The monoisotopic (exact) mass is 363 g/mol.